The first kappa shape index (κ1) is 12.6. The van der Waals surface area contributed by atoms with Gasteiger partial charge in [0.1, 0.15) is 4.90 Å². The van der Waals surface area contributed by atoms with E-state index in [1.165, 1.54) is 4.31 Å². The van der Waals surface area contributed by atoms with Crippen molar-refractivity contribution in [1.29, 1.82) is 0 Å². The number of sulfonamides is 1. The molecule has 96 valence electrons. The fourth-order valence-corrected chi connectivity index (χ4v) is 3.55. The van der Waals surface area contributed by atoms with Crippen molar-refractivity contribution in [2.45, 2.75) is 36.7 Å². The Balaban J connectivity index is 2.30. The van der Waals surface area contributed by atoms with Gasteiger partial charge in [-0.2, -0.15) is 4.31 Å². The minimum Gasteiger partial charge on any atom is -0.352 e. The monoisotopic (exact) mass is 257 g/mol. The van der Waals surface area contributed by atoms with Crippen LogP contribution in [0.2, 0.25) is 0 Å². The molecule has 0 aliphatic heterocycles. The maximum absolute atomic E-state index is 12.3. The van der Waals surface area contributed by atoms with Gasteiger partial charge in [0.05, 0.1) is 0 Å². The Labute approximate surface area is 102 Å². The van der Waals surface area contributed by atoms with Gasteiger partial charge in [-0.3, -0.25) is 0 Å². The largest absolute Gasteiger partial charge is 0.352 e. The van der Waals surface area contributed by atoms with E-state index in [9.17, 15) is 8.42 Å². The lowest BCUT2D eigenvalue weighted by Gasteiger charge is -2.33. The van der Waals surface area contributed by atoms with Crippen LogP contribution in [0.1, 0.15) is 25.0 Å². The van der Waals surface area contributed by atoms with E-state index in [2.05, 4.69) is 0 Å². The van der Waals surface area contributed by atoms with Gasteiger partial charge in [0.2, 0.25) is 10.0 Å². The lowest BCUT2D eigenvalue weighted by atomic mass is 9.94. The van der Waals surface area contributed by atoms with E-state index in [4.69, 9.17) is 5.73 Å². The van der Waals surface area contributed by atoms with Crippen LogP contribution in [0, 0.1) is 0 Å². The third kappa shape index (κ3) is 2.12. The summed E-state index contributed by atoms with van der Waals surface area (Å²) in [6.45, 7) is 0.346. The van der Waals surface area contributed by atoms with Gasteiger partial charge >= 0.3 is 0 Å². The summed E-state index contributed by atoms with van der Waals surface area (Å²) >= 11 is 0. The van der Waals surface area contributed by atoms with Crippen molar-refractivity contribution in [2.24, 2.45) is 12.8 Å². The zero-order valence-corrected chi connectivity index (χ0v) is 11.1. The molecule has 2 N–H and O–H groups in total. The highest BCUT2D eigenvalue weighted by atomic mass is 32.2. The van der Waals surface area contributed by atoms with Crippen LogP contribution in [0.25, 0.3) is 0 Å². The Kier molecular flexibility index (Phi) is 3.29. The van der Waals surface area contributed by atoms with E-state index < -0.39 is 10.0 Å². The van der Waals surface area contributed by atoms with Crippen molar-refractivity contribution in [3.05, 3.63) is 18.0 Å². The Morgan fingerprint density at radius 3 is 2.59 bits per heavy atom. The molecule has 0 atom stereocenters. The van der Waals surface area contributed by atoms with Gasteiger partial charge in [0.15, 0.2) is 0 Å². The molecule has 0 amide bonds. The molecule has 6 heteroatoms. The first-order valence-electron chi connectivity index (χ1n) is 5.80. The Morgan fingerprint density at radius 1 is 1.53 bits per heavy atom. The van der Waals surface area contributed by atoms with Crippen molar-refractivity contribution in [3.8, 4) is 0 Å². The third-order valence-corrected chi connectivity index (χ3v) is 5.43. The van der Waals surface area contributed by atoms with Gasteiger partial charge < -0.3 is 10.3 Å². The second kappa shape index (κ2) is 4.44. The fourth-order valence-electron chi connectivity index (χ4n) is 2.03. The molecule has 1 fully saturated rings. The maximum Gasteiger partial charge on any atom is 0.244 e. The minimum absolute atomic E-state index is 0.168. The molecule has 1 aliphatic carbocycles. The molecule has 0 saturated heterocycles. The summed E-state index contributed by atoms with van der Waals surface area (Å²) in [6, 6.07) is 1.83. The lowest BCUT2D eigenvalue weighted by molar-refractivity contribution is 0.249. The molecule has 1 aliphatic rings. The summed E-state index contributed by atoms with van der Waals surface area (Å²) in [7, 11) is 0.117. The standard InChI is InChI=1S/C11H19N3O2S/c1-13-8-11(6-10(13)7-12)17(15,16)14(2)9-4-3-5-9/h6,8-9H,3-5,7,12H2,1-2H3. The zero-order chi connectivity index (χ0) is 12.6. The molecule has 17 heavy (non-hydrogen) atoms. The quantitative estimate of drug-likeness (QED) is 0.861. The smallest absolute Gasteiger partial charge is 0.244 e. The van der Waals surface area contributed by atoms with Crippen LogP contribution in [0.3, 0.4) is 0 Å². The SMILES string of the molecule is CN(C1CCC1)S(=O)(=O)c1cc(CN)n(C)c1. The van der Waals surface area contributed by atoms with Crippen molar-refractivity contribution in [3.63, 3.8) is 0 Å². The molecule has 0 bridgehead atoms. The molecular weight excluding hydrogens is 238 g/mol. The number of aryl methyl sites for hydroxylation is 1. The average Bonchev–Trinajstić information content (AvgIpc) is 2.57. The normalized spacial score (nSPS) is 17.4. The number of hydrogen-bond acceptors (Lipinski definition) is 3. The topological polar surface area (TPSA) is 68.3 Å². The molecule has 2 rings (SSSR count). The molecule has 0 aromatic carbocycles. The first-order valence-corrected chi connectivity index (χ1v) is 7.24. The van der Waals surface area contributed by atoms with Gasteiger partial charge in [-0.1, -0.05) is 6.42 Å². The van der Waals surface area contributed by atoms with Crippen LogP contribution in [0.15, 0.2) is 17.2 Å². The number of hydrogen-bond donors (Lipinski definition) is 1. The van der Waals surface area contributed by atoms with Gasteiger partial charge in [0.25, 0.3) is 0 Å². The summed E-state index contributed by atoms with van der Waals surface area (Å²) < 4.78 is 27.9. The summed E-state index contributed by atoms with van der Waals surface area (Å²) in [4.78, 5) is 0.342. The Morgan fingerprint density at radius 2 is 2.18 bits per heavy atom. The van der Waals surface area contributed by atoms with Crippen LogP contribution in [-0.4, -0.2) is 30.4 Å². The third-order valence-electron chi connectivity index (χ3n) is 3.56. The van der Waals surface area contributed by atoms with Gasteiger partial charge in [-0.15, -0.1) is 0 Å². The van der Waals surface area contributed by atoms with Crippen LogP contribution < -0.4 is 5.73 Å². The average molecular weight is 257 g/mol. The van der Waals surface area contributed by atoms with E-state index in [0.29, 0.717) is 11.4 Å². The number of nitrogens with zero attached hydrogens (tertiary/aromatic N) is 2. The second-order valence-corrected chi connectivity index (χ2v) is 6.59. The van der Waals surface area contributed by atoms with Crippen LogP contribution in [0.4, 0.5) is 0 Å². The number of rotatable bonds is 4. The predicted octanol–water partition coefficient (Wildman–Crippen LogP) is 0.657. The van der Waals surface area contributed by atoms with Crippen LogP contribution >= 0.6 is 0 Å². The molecule has 0 spiro atoms. The minimum atomic E-state index is -3.35. The molecule has 0 unspecified atom stereocenters. The van der Waals surface area contributed by atoms with Crippen molar-refractivity contribution in [1.82, 2.24) is 8.87 Å². The van der Waals surface area contributed by atoms with Gasteiger partial charge in [-0.05, 0) is 18.9 Å². The molecular formula is C11H19N3O2S. The van der Waals surface area contributed by atoms with Crippen molar-refractivity contribution >= 4 is 10.0 Å². The van der Waals surface area contributed by atoms with Crippen LogP contribution in [0.5, 0.6) is 0 Å². The summed E-state index contributed by atoms with van der Waals surface area (Å²) in [5.41, 5.74) is 6.38. The molecule has 0 radical (unpaired) electrons. The first-order chi connectivity index (χ1) is 7.96. The molecule has 1 aromatic rings. The molecule has 1 heterocycles. The molecule has 1 saturated carbocycles. The van der Waals surface area contributed by atoms with E-state index in [-0.39, 0.29) is 6.04 Å². The molecule has 5 nitrogen and oxygen atoms in total. The zero-order valence-electron chi connectivity index (χ0n) is 10.3. The van der Waals surface area contributed by atoms with Gasteiger partial charge in [0, 0.05) is 38.6 Å². The number of aromatic nitrogens is 1. The van der Waals surface area contributed by atoms with Gasteiger partial charge in [-0.25, -0.2) is 8.42 Å². The Bertz CT molecular complexity index is 503. The highest BCUT2D eigenvalue weighted by Crippen LogP contribution is 2.28. The summed E-state index contributed by atoms with van der Waals surface area (Å²) in [6.07, 6.45) is 4.68. The van der Waals surface area contributed by atoms with E-state index in [0.717, 1.165) is 25.0 Å². The number of nitrogens with two attached hydrogens (primary N) is 1. The second-order valence-electron chi connectivity index (χ2n) is 4.59. The predicted molar refractivity (Wildman–Crippen MR) is 65.9 cm³/mol. The summed E-state index contributed by atoms with van der Waals surface area (Å²) in [5, 5.41) is 0. The Hall–Kier alpha value is -0.850. The highest BCUT2D eigenvalue weighted by Gasteiger charge is 2.32. The van der Waals surface area contributed by atoms with Crippen LogP contribution in [-0.2, 0) is 23.6 Å². The highest BCUT2D eigenvalue weighted by molar-refractivity contribution is 7.89. The van der Waals surface area contributed by atoms with Crippen molar-refractivity contribution < 1.29 is 8.42 Å². The van der Waals surface area contributed by atoms with E-state index >= 15 is 0 Å². The fraction of sp³-hybridized carbons (Fsp3) is 0.636. The van der Waals surface area contributed by atoms with E-state index in [1.807, 2.05) is 7.05 Å². The molecule has 1 aromatic heterocycles. The van der Waals surface area contributed by atoms with E-state index in [1.54, 1.807) is 23.9 Å². The maximum atomic E-state index is 12.3. The lowest BCUT2D eigenvalue weighted by Crippen LogP contribution is -2.41. The van der Waals surface area contributed by atoms with Crippen molar-refractivity contribution in [2.75, 3.05) is 7.05 Å². The summed E-state index contributed by atoms with van der Waals surface area (Å²) in [5.74, 6) is 0.